The van der Waals surface area contributed by atoms with Gasteiger partial charge in [-0.05, 0) is 60.3 Å². The molecule has 0 aromatic carbocycles. The van der Waals surface area contributed by atoms with E-state index in [0.717, 1.165) is 38.9 Å². The van der Waals surface area contributed by atoms with Crippen LogP contribution in [0.2, 0.25) is 0 Å². The van der Waals surface area contributed by atoms with E-state index in [-0.39, 0.29) is 24.4 Å². The van der Waals surface area contributed by atoms with Crippen LogP contribution in [0, 0.1) is 0 Å². The minimum absolute atomic E-state index is 0.0516. The zero-order valence-electron chi connectivity index (χ0n) is 42.1. The summed E-state index contributed by atoms with van der Waals surface area (Å²) in [6, 6.07) is 0. The Hall–Kier alpha value is -0.890. The van der Waals surface area contributed by atoms with E-state index in [4.69, 9.17) is 23.7 Å². The first-order valence-corrected chi connectivity index (χ1v) is 26.5. The van der Waals surface area contributed by atoms with Crippen molar-refractivity contribution < 1.29 is 28.5 Å². The first-order valence-electron chi connectivity index (χ1n) is 26.5. The van der Waals surface area contributed by atoms with Crippen LogP contribution in [-0.2, 0) is 23.7 Å². The summed E-state index contributed by atoms with van der Waals surface area (Å²) >= 11 is 0. The number of hydrogen-bond donors (Lipinski definition) is 1. The summed E-state index contributed by atoms with van der Waals surface area (Å²) in [5.41, 5.74) is 0.0516. The predicted molar refractivity (Wildman–Crippen MR) is 261 cm³/mol. The molecule has 0 spiro atoms. The summed E-state index contributed by atoms with van der Waals surface area (Å²) in [5.74, 6) is 0. The molecule has 1 atom stereocenters. The van der Waals surface area contributed by atoms with E-state index in [1.54, 1.807) is 0 Å². The third kappa shape index (κ3) is 57.1. The van der Waals surface area contributed by atoms with Gasteiger partial charge in [0.1, 0.15) is 12.7 Å². The van der Waals surface area contributed by atoms with E-state index in [1.807, 2.05) is 13.8 Å². The largest absolute Gasteiger partial charge is 0.447 e. The number of ether oxygens (including phenoxy) is 5. The number of amides is 1. The van der Waals surface area contributed by atoms with E-state index < -0.39 is 6.09 Å². The van der Waals surface area contributed by atoms with Gasteiger partial charge in [0.2, 0.25) is 0 Å². The summed E-state index contributed by atoms with van der Waals surface area (Å²) in [7, 11) is 0. The normalized spacial score (nSPS) is 12.2. The highest BCUT2D eigenvalue weighted by Crippen LogP contribution is 2.16. The van der Waals surface area contributed by atoms with E-state index in [0.29, 0.717) is 26.4 Å². The molecule has 1 unspecified atom stereocenters. The molecule has 0 saturated carbocycles. The molecule has 0 aliphatic rings. The Bertz CT molecular complexity index is 803. The second-order valence-corrected chi connectivity index (χ2v) is 18.9. The molecule has 7 heteroatoms. The SMILES string of the molecule is CCCCCCCCCCCCCCCCCCOCC(COC(=O)NCCCOC(C)C)OCCCCCCCCCCCCCCCCCC.CCCOC(C)(C)C. The van der Waals surface area contributed by atoms with Crippen molar-refractivity contribution in [1.29, 1.82) is 0 Å². The van der Waals surface area contributed by atoms with Crippen LogP contribution >= 0.6 is 0 Å². The molecule has 60 heavy (non-hydrogen) atoms. The molecule has 1 amide bonds. The van der Waals surface area contributed by atoms with Gasteiger partial charge in [0.15, 0.2) is 0 Å². The molecule has 0 aliphatic heterocycles. The molecule has 0 aromatic heterocycles. The molecule has 0 aliphatic carbocycles. The molecule has 0 fully saturated rings. The Balaban J connectivity index is 0. The van der Waals surface area contributed by atoms with Crippen LogP contribution < -0.4 is 5.32 Å². The predicted octanol–water partition coefficient (Wildman–Crippen LogP) is 16.7. The van der Waals surface area contributed by atoms with Crippen LogP contribution in [0.25, 0.3) is 0 Å². The van der Waals surface area contributed by atoms with Gasteiger partial charge in [0.25, 0.3) is 0 Å². The molecular weight excluding hydrogens is 747 g/mol. The fourth-order valence-corrected chi connectivity index (χ4v) is 7.22. The molecule has 1 N–H and O–H groups in total. The second-order valence-electron chi connectivity index (χ2n) is 18.9. The summed E-state index contributed by atoms with van der Waals surface area (Å²) in [6.07, 6.45) is 45.2. The van der Waals surface area contributed by atoms with Crippen LogP contribution in [0.1, 0.15) is 274 Å². The van der Waals surface area contributed by atoms with E-state index in [9.17, 15) is 4.79 Å². The minimum Gasteiger partial charge on any atom is -0.447 e. The number of nitrogens with one attached hydrogen (secondary N) is 1. The lowest BCUT2D eigenvalue weighted by molar-refractivity contribution is -0.0468. The fourth-order valence-electron chi connectivity index (χ4n) is 7.22. The Morgan fingerprint density at radius 2 is 0.800 bits per heavy atom. The van der Waals surface area contributed by atoms with E-state index in [2.05, 4.69) is 46.9 Å². The van der Waals surface area contributed by atoms with Crippen molar-refractivity contribution in [3.63, 3.8) is 0 Å². The molecule has 0 rings (SSSR count). The van der Waals surface area contributed by atoms with Crippen molar-refractivity contribution in [2.24, 2.45) is 0 Å². The lowest BCUT2D eigenvalue weighted by atomic mass is 10.0. The van der Waals surface area contributed by atoms with Crippen molar-refractivity contribution in [2.75, 3.05) is 46.2 Å². The Morgan fingerprint density at radius 1 is 0.433 bits per heavy atom. The van der Waals surface area contributed by atoms with Gasteiger partial charge in [-0.1, -0.05) is 213 Å². The van der Waals surface area contributed by atoms with E-state index in [1.165, 1.54) is 193 Å². The van der Waals surface area contributed by atoms with Crippen molar-refractivity contribution in [3.8, 4) is 0 Å². The standard InChI is InChI=1S/C46H93NO5.C7H16O/c1-5-7-9-11-13-15-17-19-21-23-25-27-29-31-33-35-39-49-42-45(43-52-46(48)47-38-37-41-50-44(3)4)51-40-36-34-32-30-28-26-24-22-20-18-16-14-12-10-8-6-2;1-5-6-8-7(2,3)4/h44-45H,5-43H2,1-4H3,(H,47,48);5-6H2,1-4H3. The van der Waals surface area contributed by atoms with E-state index >= 15 is 0 Å². The van der Waals surface area contributed by atoms with Gasteiger partial charge in [-0.15, -0.1) is 0 Å². The minimum atomic E-state index is -0.390. The van der Waals surface area contributed by atoms with Gasteiger partial charge in [-0.3, -0.25) is 0 Å². The average molecular weight is 856 g/mol. The summed E-state index contributed by atoms with van der Waals surface area (Å²) in [4.78, 5) is 12.2. The monoisotopic (exact) mass is 856 g/mol. The topological polar surface area (TPSA) is 75.3 Å². The van der Waals surface area contributed by atoms with Gasteiger partial charge in [-0.2, -0.15) is 0 Å². The zero-order chi connectivity index (χ0) is 44.5. The molecule has 0 radical (unpaired) electrons. The number of unbranched alkanes of at least 4 members (excludes halogenated alkanes) is 30. The number of carbonyl (C=O) groups excluding carboxylic acids is 1. The Morgan fingerprint density at radius 3 is 1.15 bits per heavy atom. The third-order valence-electron chi connectivity index (χ3n) is 11.0. The first-order chi connectivity index (χ1) is 29.2. The number of rotatable bonds is 46. The summed E-state index contributed by atoms with van der Waals surface area (Å²) in [6.45, 7) is 21.2. The Kier molecular flexibility index (Phi) is 51.8. The molecule has 7 nitrogen and oxygen atoms in total. The van der Waals surface area contributed by atoms with Gasteiger partial charge in [0, 0.05) is 33.0 Å². The first kappa shape index (κ1) is 61.2. The average Bonchev–Trinajstić information content (AvgIpc) is 3.22. The highest BCUT2D eigenvalue weighted by Gasteiger charge is 2.13. The lowest BCUT2D eigenvalue weighted by Crippen LogP contribution is -2.32. The summed E-state index contributed by atoms with van der Waals surface area (Å²) < 4.78 is 28.6. The van der Waals surface area contributed by atoms with Gasteiger partial charge in [-0.25, -0.2) is 4.79 Å². The zero-order valence-corrected chi connectivity index (χ0v) is 42.1. The number of hydrogen-bond acceptors (Lipinski definition) is 6. The smallest absolute Gasteiger partial charge is 0.407 e. The van der Waals surface area contributed by atoms with Crippen LogP contribution in [0.15, 0.2) is 0 Å². The van der Waals surface area contributed by atoms with Crippen LogP contribution in [-0.4, -0.2) is 70.1 Å². The number of alkyl carbamates (subject to hydrolysis) is 1. The quantitative estimate of drug-likeness (QED) is 0.0615. The second kappa shape index (κ2) is 50.8. The van der Waals surface area contributed by atoms with Gasteiger partial charge in [0.05, 0.1) is 18.3 Å². The van der Waals surface area contributed by atoms with Crippen molar-refractivity contribution in [1.82, 2.24) is 5.32 Å². The molecule has 0 bridgehead atoms. The van der Waals surface area contributed by atoms with Gasteiger partial charge >= 0.3 is 6.09 Å². The van der Waals surface area contributed by atoms with Crippen molar-refractivity contribution >= 4 is 6.09 Å². The highest BCUT2D eigenvalue weighted by molar-refractivity contribution is 5.67. The van der Waals surface area contributed by atoms with Crippen LogP contribution in [0.5, 0.6) is 0 Å². The molecule has 362 valence electrons. The van der Waals surface area contributed by atoms with Crippen molar-refractivity contribution in [2.45, 2.75) is 292 Å². The van der Waals surface area contributed by atoms with Crippen LogP contribution in [0.4, 0.5) is 4.79 Å². The van der Waals surface area contributed by atoms with Crippen LogP contribution in [0.3, 0.4) is 0 Å². The highest BCUT2D eigenvalue weighted by atomic mass is 16.6. The number of carbonyl (C=O) groups is 1. The molecule has 0 aromatic rings. The lowest BCUT2D eigenvalue weighted by Gasteiger charge is -2.18. The maximum absolute atomic E-state index is 12.2. The summed E-state index contributed by atoms with van der Waals surface area (Å²) in [5, 5.41) is 2.83. The molecule has 0 heterocycles. The molecular formula is C53H109NO6. The van der Waals surface area contributed by atoms with Gasteiger partial charge < -0.3 is 29.0 Å². The van der Waals surface area contributed by atoms with Crippen molar-refractivity contribution in [3.05, 3.63) is 0 Å². The Labute approximate surface area is 376 Å². The molecule has 0 saturated heterocycles. The maximum Gasteiger partial charge on any atom is 0.407 e. The fraction of sp³-hybridized carbons (Fsp3) is 0.981. The third-order valence-corrected chi connectivity index (χ3v) is 11.0. The maximum atomic E-state index is 12.2.